The summed E-state index contributed by atoms with van der Waals surface area (Å²) < 4.78 is 14.9. The summed E-state index contributed by atoms with van der Waals surface area (Å²) in [5.74, 6) is -2.25. The minimum Gasteiger partial charge on any atom is -0.476 e. The second-order valence-electron chi connectivity index (χ2n) is 2.60. The van der Waals surface area contributed by atoms with Gasteiger partial charge in [-0.15, -0.1) is 12.4 Å². The maximum atomic E-state index is 13.4. The Morgan fingerprint density at radius 3 is 2.73 bits per heavy atom. The molecule has 0 amide bonds. The first-order valence-corrected chi connectivity index (χ1v) is 4.46. The standard InChI is InChI=1S/C8H4BrFN2O2.ClH/c9-4-2-1-3-5-11-6(8(13)14)7(10)12(4)5;/h1-3H,(H,13,14);1H. The van der Waals surface area contributed by atoms with Crippen molar-refractivity contribution in [1.82, 2.24) is 9.38 Å². The smallest absolute Gasteiger partial charge is 0.359 e. The molecule has 4 nitrogen and oxygen atoms in total. The fraction of sp³-hybridized carbons (Fsp3) is 0. The van der Waals surface area contributed by atoms with Gasteiger partial charge in [-0.1, -0.05) is 6.07 Å². The van der Waals surface area contributed by atoms with Crippen LogP contribution in [0.3, 0.4) is 0 Å². The zero-order chi connectivity index (χ0) is 10.3. The third-order valence-corrected chi connectivity index (χ3v) is 2.36. The van der Waals surface area contributed by atoms with Gasteiger partial charge in [0.1, 0.15) is 5.65 Å². The normalized spacial score (nSPS) is 10.0. The molecule has 0 saturated heterocycles. The Balaban J connectivity index is 0.00000112. The van der Waals surface area contributed by atoms with Crippen LogP contribution in [0.25, 0.3) is 5.65 Å². The zero-order valence-corrected chi connectivity index (χ0v) is 9.55. The number of halogens is 3. The number of aromatic carboxylic acids is 1. The molecule has 0 fully saturated rings. The lowest BCUT2D eigenvalue weighted by Gasteiger charge is -1.95. The van der Waals surface area contributed by atoms with Gasteiger partial charge in [-0.2, -0.15) is 4.39 Å². The lowest BCUT2D eigenvalue weighted by Crippen LogP contribution is -2.00. The molecule has 80 valence electrons. The Morgan fingerprint density at radius 2 is 2.20 bits per heavy atom. The topological polar surface area (TPSA) is 54.6 Å². The van der Waals surface area contributed by atoms with Crippen molar-refractivity contribution in [3.05, 3.63) is 34.4 Å². The van der Waals surface area contributed by atoms with E-state index in [-0.39, 0.29) is 18.1 Å². The number of rotatable bonds is 1. The monoisotopic (exact) mass is 294 g/mol. The van der Waals surface area contributed by atoms with Crippen molar-refractivity contribution in [3.63, 3.8) is 0 Å². The first-order valence-electron chi connectivity index (χ1n) is 3.67. The van der Waals surface area contributed by atoms with Crippen LogP contribution in [0.5, 0.6) is 0 Å². The molecular weight excluding hydrogens is 290 g/mol. The van der Waals surface area contributed by atoms with Gasteiger partial charge in [0.2, 0.25) is 11.6 Å². The maximum absolute atomic E-state index is 13.4. The third-order valence-electron chi connectivity index (χ3n) is 1.74. The molecule has 2 rings (SSSR count). The second kappa shape index (κ2) is 4.16. The van der Waals surface area contributed by atoms with Gasteiger partial charge in [0.15, 0.2) is 0 Å². The van der Waals surface area contributed by atoms with E-state index in [9.17, 15) is 9.18 Å². The predicted octanol–water partition coefficient (Wildman–Crippen LogP) is 2.36. The molecule has 0 aliphatic heterocycles. The molecule has 0 aromatic carbocycles. The van der Waals surface area contributed by atoms with Crippen molar-refractivity contribution < 1.29 is 14.3 Å². The number of carboxylic acids is 1. The summed E-state index contributed by atoms with van der Waals surface area (Å²) in [5.41, 5.74) is -0.314. The van der Waals surface area contributed by atoms with Crippen molar-refractivity contribution in [3.8, 4) is 0 Å². The van der Waals surface area contributed by atoms with Gasteiger partial charge in [-0.25, -0.2) is 9.78 Å². The SMILES string of the molecule is Cl.O=C(O)c1nc2cccc(Br)n2c1F. The van der Waals surface area contributed by atoms with Crippen LogP contribution in [0.4, 0.5) is 4.39 Å². The van der Waals surface area contributed by atoms with Crippen molar-refractivity contribution in [2.75, 3.05) is 0 Å². The molecule has 15 heavy (non-hydrogen) atoms. The van der Waals surface area contributed by atoms with E-state index in [4.69, 9.17) is 5.11 Å². The summed E-state index contributed by atoms with van der Waals surface area (Å²) in [5, 5.41) is 8.63. The Hall–Kier alpha value is -1.14. The summed E-state index contributed by atoms with van der Waals surface area (Å²) in [6, 6.07) is 4.78. The van der Waals surface area contributed by atoms with Crippen molar-refractivity contribution >= 4 is 40.0 Å². The molecule has 2 heterocycles. The zero-order valence-electron chi connectivity index (χ0n) is 7.15. The van der Waals surface area contributed by atoms with Gasteiger partial charge in [0, 0.05) is 0 Å². The summed E-state index contributed by atoms with van der Waals surface area (Å²) >= 11 is 3.10. The molecule has 0 atom stereocenters. The number of hydrogen-bond donors (Lipinski definition) is 1. The van der Waals surface area contributed by atoms with Crippen LogP contribution < -0.4 is 0 Å². The highest BCUT2D eigenvalue weighted by Gasteiger charge is 2.18. The molecule has 0 aliphatic carbocycles. The highest BCUT2D eigenvalue weighted by Crippen LogP contribution is 2.17. The van der Waals surface area contributed by atoms with Gasteiger partial charge in [-0.3, -0.25) is 4.40 Å². The molecule has 7 heteroatoms. The second-order valence-corrected chi connectivity index (χ2v) is 3.41. The number of carbonyl (C=O) groups is 1. The van der Waals surface area contributed by atoms with Crippen molar-refractivity contribution in [1.29, 1.82) is 0 Å². The minimum absolute atomic E-state index is 0. The Labute approximate surface area is 98.3 Å². The lowest BCUT2D eigenvalue weighted by molar-refractivity contribution is 0.0685. The number of carboxylic acid groups (broad SMARTS) is 1. The number of pyridine rings is 1. The van der Waals surface area contributed by atoms with Crippen LogP contribution in [-0.4, -0.2) is 20.5 Å². The molecule has 1 N–H and O–H groups in total. The fourth-order valence-corrected chi connectivity index (χ4v) is 1.65. The average Bonchev–Trinajstić information content (AvgIpc) is 2.45. The van der Waals surface area contributed by atoms with Gasteiger partial charge < -0.3 is 5.11 Å². The summed E-state index contributed by atoms with van der Waals surface area (Å²) in [6.07, 6.45) is 0. The number of nitrogens with zero attached hydrogens (tertiary/aromatic N) is 2. The van der Waals surface area contributed by atoms with Crippen LogP contribution in [0, 0.1) is 5.95 Å². The quantitative estimate of drug-likeness (QED) is 0.822. The highest BCUT2D eigenvalue weighted by atomic mass is 79.9. The molecule has 0 unspecified atom stereocenters. The molecular formula is C8H5BrClFN2O2. The van der Waals surface area contributed by atoms with Crippen LogP contribution in [-0.2, 0) is 0 Å². The number of fused-ring (bicyclic) bond motifs is 1. The van der Waals surface area contributed by atoms with E-state index < -0.39 is 17.6 Å². The largest absolute Gasteiger partial charge is 0.476 e. The van der Waals surface area contributed by atoms with Crippen molar-refractivity contribution in [2.45, 2.75) is 0 Å². The van der Waals surface area contributed by atoms with E-state index in [0.29, 0.717) is 4.60 Å². The summed E-state index contributed by atoms with van der Waals surface area (Å²) in [7, 11) is 0. The van der Waals surface area contributed by atoms with Crippen LogP contribution in [0.15, 0.2) is 22.8 Å². The van der Waals surface area contributed by atoms with E-state index in [1.807, 2.05) is 0 Å². The Morgan fingerprint density at radius 1 is 1.53 bits per heavy atom. The van der Waals surface area contributed by atoms with Gasteiger partial charge >= 0.3 is 5.97 Å². The van der Waals surface area contributed by atoms with Gasteiger partial charge in [0.25, 0.3) is 0 Å². The molecule has 2 aromatic rings. The number of hydrogen-bond acceptors (Lipinski definition) is 2. The number of aromatic nitrogens is 2. The molecule has 0 bridgehead atoms. The van der Waals surface area contributed by atoms with Gasteiger partial charge in [-0.05, 0) is 28.1 Å². The van der Waals surface area contributed by atoms with E-state index >= 15 is 0 Å². The predicted molar refractivity (Wildman–Crippen MR) is 57.1 cm³/mol. The van der Waals surface area contributed by atoms with E-state index in [2.05, 4.69) is 20.9 Å². The minimum atomic E-state index is -1.38. The first kappa shape index (κ1) is 11.9. The molecule has 0 spiro atoms. The first-order chi connectivity index (χ1) is 6.61. The molecule has 0 saturated carbocycles. The molecule has 0 radical (unpaired) electrons. The fourth-order valence-electron chi connectivity index (χ4n) is 1.16. The summed E-state index contributed by atoms with van der Waals surface area (Å²) in [4.78, 5) is 14.2. The van der Waals surface area contributed by atoms with E-state index in [0.717, 1.165) is 4.40 Å². The van der Waals surface area contributed by atoms with Crippen molar-refractivity contribution in [2.24, 2.45) is 0 Å². The Kier molecular flexibility index (Phi) is 3.31. The van der Waals surface area contributed by atoms with Crippen LogP contribution in [0.2, 0.25) is 0 Å². The van der Waals surface area contributed by atoms with Crippen LogP contribution >= 0.6 is 28.3 Å². The molecule has 0 aliphatic rings. The average molecular weight is 295 g/mol. The summed E-state index contributed by atoms with van der Waals surface area (Å²) in [6.45, 7) is 0. The van der Waals surface area contributed by atoms with E-state index in [1.54, 1.807) is 12.1 Å². The Bertz CT molecular complexity index is 529. The lowest BCUT2D eigenvalue weighted by atomic mass is 10.5. The third kappa shape index (κ3) is 1.82. The van der Waals surface area contributed by atoms with Gasteiger partial charge in [0.05, 0.1) is 4.60 Å². The van der Waals surface area contributed by atoms with E-state index in [1.165, 1.54) is 6.07 Å². The number of imidazole rings is 1. The molecule has 2 aromatic heterocycles. The highest BCUT2D eigenvalue weighted by molar-refractivity contribution is 9.10. The maximum Gasteiger partial charge on any atom is 0.359 e. The van der Waals surface area contributed by atoms with Crippen LogP contribution in [0.1, 0.15) is 10.5 Å².